The van der Waals surface area contributed by atoms with E-state index in [-0.39, 0.29) is 6.04 Å². The third-order valence-electron chi connectivity index (χ3n) is 4.55. The first-order valence-corrected chi connectivity index (χ1v) is 8.73. The first kappa shape index (κ1) is 15.7. The average molecular weight is 331 g/mol. The van der Waals surface area contributed by atoms with E-state index in [4.69, 9.17) is 4.99 Å². The number of amidine groups is 1. The Hall–Kier alpha value is -2.82. The molecule has 5 heteroatoms. The van der Waals surface area contributed by atoms with Crippen molar-refractivity contribution in [2.75, 3.05) is 6.54 Å². The molecule has 2 aromatic carbocycles. The highest BCUT2D eigenvalue weighted by Gasteiger charge is 2.17. The zero-order valence-corrected chi connectivity index (χ0v) is 14.8. The van der Waals surface area contributed by atoms with Crippen molar-refractivity contribution in [1.82, 2.24) is 15.0 Å². The summed E-state index contributed by atoms with van der Waals surface area (Å²) >= 11 is 0. The van der Waals surface area contributed by atoms with Crippen LogP contribution < -0.4 is 0 Å². The second-order valence-corrected chi connectivity index (χ2v) is 6.54. The summed E-state index contributed by atoms with van der Waals surface area (Å²) in [6.07, 6.45) is 0.995. The van der Waals surface area contributed by atoms with Gasteiger partial charge in [0.05, 0.1) is 17.8 Å². The standard InChI is InChI=1S/C20H21N5/c1-4-14-7-5-6-8-16(14)18-12-21-20(22-18)15-9-10-19-17(11-15)23-24-25(19)13(2)3/h5-11,13H,4,12H2,1-3H3. The molecule has 126 valence electrons. The van der Waals surface area contributed by atoms with Crippen molar-refractivity contribution in [2.45, 2.75) is 33.2 Å². The van der Waals surface area contributed by atoms with Crippen LogP contribution in [-0.4, -0.2) is 33.1 Å². The van der Waals surface area contributed by atoms with Gasteiger partial charge in [0.15, 0.2) is 5.84 Å². The molecule has 3 aromatic rings. The number of hydrogen-bond donors (Lipinski definition) is 0. The van der Waals surface area contributed by atoms with E-state index in [1.54, 1.807) is 0 Å². The summed E-state index contributed by atoms with van der Waals surface area (Å²) in [7, 11) is 0. The van der Waals surface area contributed by atoms with E-state index in [1.807, 2.05) is 10.7 Å². The summed E-state index contributed by atoms with van der Waals surface area (Å²) in [6.45, 7) is 7.00. The number of benzene rings is 2. The van der Waals surface area contributed by atoms with Crippen LogP contribution in [-0.2, 0) is 6.42 Å². The van der Waals surface area contributed by atoms with Gasteiger partial charge in [0.2, 0.25) is 0 Å². The summed E-state index contributed by atoms with van der Waals surface area (Å²) < 4.78 is 1.93. The molecule has 0 atom stereocenters. The molecule has 0 saturated carbocycles. The predicted molar refractivity (Wildman–Crippen MR) is 102 cm³/mol. The van der Waals surface area contributed by atoms with E-state index >= 15 is 0 Å². The van der Waals surface area contributed by atoms with Crippen LogP contribution in [0.4, 0.5) is 0 Å². The van der Waals surface area contributed by atoms with Crippen molar-refractivity contribution in [3.8, 4) is 0 Å². The number of aliphatic imine (C=N–C) groups is 2. The van der Waals surface area contributed by atoms with Crippen LogP contribution in [0.3, 0.4) is 0 Å². The molecule has 1 aromatic heterocycles. The Morgan fingerprint density at radius 2 is 1.96 bits per heavy atom. The van der Waals surface area contributed by atoms with Crippen LogP contribution in [0.15, 0.2) is 52.4 Å². The minimum absolute atomic E-state index is 0.287. The fraction of sp³-hybridized carbons (Fsp3) is 0.300. The van der Waals surface area contributed by atoms with Crippen molar-refractivity contribution in [3.05, 3.63) is 59.2 Å². The fourth-order valence-electron chi connectivity index (χ4n) is 3.22. The summed E-state index contributed by atoms with van der Waals surface area (Å²) in [4.78, 5) is 9.44. The number of aromatic nitrogens is 3. The summed E-state index contributed by atoms with van der Waals surface area (Å²) in [5.41, 5.74) is 6.47. The second-order valence-electron chi connectivity index (χ2n) is 6.54. The lowest BCUT2D eigenvalue weighted by Gasteiger charge is -2.06. The Morgan fingerprint density at radius 1 is 1.12 bits per heavy atom. The molecule has 0 aliphatic carbocycles. The molecule has 4 rings (SSSR count). The van der Waals surface area contributed by atoms with Gasteiger partial charge in [-0.3, -0.25) is 4.99 Å². The highest BCUT2D eigenvalue weighted by molar-refractivity contribution is 6.18. The summed E-state index contributed by atoms with van der Waals surface area (Å²) in [5, 5.41) is 8.52. The molecule has 2 heterocycles. The Labute approximate surface area is 147 Å². The third-order valence-corrected chi connectivity index (χ3v) is 4.55. The molecule has 1 aliphatic rings. The molecule has 0 unspecified atom stereocenters. The van der Waals surface area contributed by atoms with Crippen molar-refractivity contribution in [3.63, 3.8) is 0 Å². The minimum Gasteiger partial charge on any atom is -0.260 e. The number of aryl methyl sites for hydroxylation is 1. The van der Waals surface area contributed by atoms with Crippen LogP contribution in [0, 0.1) is 0 Å². The van der Waals surface area contributed by atoms with E-state index < -0.39 is 0 Å². The maximum atomic E-state index is 4.80. The average Bonchev–Trinajstić information content (AvgIpc) is 3.28. The predicted octanol–water partition coefficient (Wildman–Crippen LogP) is 3.82. The molecular formula is C20H21N5. The summed E-state index contributed by atoms with van der Waals surface area (Å²) in [6, 6.07) is 14.9. The van der Waals surface area contributed by atoms with Crippen molar-refractivity contribution < 1.29 is 0 Å². The van der Waals surface area contributed by atoms with Gasteiger partial charge in [-0.1, -0.05) is 36.4 Å². The maximum absolute atomic E-state index is 4.80. The molecule has 1 aliphatic heterocycles. The molecule has 25 heavy (non-hydrogen) atoms. The van der Waals surface area contributed by atoms with E-state index in [1.165, 1.54) is 11.1 Å². The van der Waals surface area contributed by atoms with E-state index in [2.05, 4.69) is 72.5 Å². The molecular weight excluding hydrogens is 310 g/mol. The Kier molecular flexibility index (Phi) is 3.92. The van der Waals surface area contributed by atoms with Gasteiger partial charge < -0.3 is 0 Å². The first-order valence-electron chi connectivity index (χ1n) is 8.73. The molecule has 0 fully saturated rings. The molecule has 0 bridgehead atoms. The monoisotopic (exact) mass is 331 g/mol. The Balaban J connectivity index is 1.69. The van der Waals surface area contributed by atoms with E-state index in [0.717, 1.165) is 34.6 Å². The number of nitrogens with zero attached hydrogens (tertiary/aromatic N) is 5. The minimum atomic E-state index is 0.287. The second kappa shape index (κ2) is 6.24. The highest BCUT2D eigenvalue weighted by Crippen LogP contribution is 2.20. The van der Waals surface area contributed by atoms with Gasteiger partial charge in [-0.25, -0.2) is 9.67 Å². The number of hydrogen-bond acceptors (Lipinski definition) is 4. The van der Waals surface area contributed by atoms with Gasteiger partial charge in [0.1, 0.15) is 5.52 Å². The maximum Gasteiger partial charge on any atom is 0.155 e. The Morgan fingerprint density at radius 3 is 2.76 bits per heavy atom. The summed E-state index contributed by atoms with van der Waals surface area (Å²) in [5.74, 6) is 0.780. The van der Waals surface area contributed by atoms with Crippen molar-refractivity contribution >= 4 is 22.6 Å². The normalized spacial score (nSPS) is 14.2. The number of fused-ring (bicyclic) bond motifs is 1. The molecule has 0 amide bonds. The molecule has 0 radical (unpaired) electrons. The quantitative estimate of drug-likeness (QED) is 0.729. The lowest BCUT2D eigenvalue weighted by atomic mass is 10.0. The van der Waals surface area contributed by atoms with Gasteiger partial charge in [0.25, 0.3) is 0 Å². The van der Waals surface area contributed by atoms with Crippen molar-refractivity contribution in [2.24, 2.45) is 9.98 Å². The largest absolute Gasteiger partial charge is 0.260 e. The van der Waals surface area contributed by atoms with Gasteiger partial charge in [-0.05, 0) is 44.0 Å². The fourth-order valence-corrected chi connectivity index (χ4v) is 3.22. The molecule has 0 N–H and O–H groups in total. The van der Waals surface area contributed by atoms with Gasteiger partial charge in [-0.2, -0.15) is 0 Å². The number of rotatable bonds is 4. The van der Waals surface area contributed by atoms with Crippen LogP contribution in [0.1, 0.15) is 43.5 Å². The van der Waals surface area contributed by atoms with Gasteiger partial charge in [0, 0.05) is 17.2 Å². The van der Waals surface area contributed by atoms with Gasteiger partial charge >= 0.3 is 0 Å². The van der Waals surface area contributed by atoms with E-state index in [9.17, 15) is 0 Å². The zero-order valence-electron chi connectivity index (χ0n) is 14.8. The molecule has 0 spiro atoms. The molecule has 5 nitrogen and oxygen atoms in total. The van der Waals surface area contributed by atoms with E-state index in [0.29, 0.717) is 6.54 Å². The smallest absolute Gasteiger partial charge is 0.155 e. The Bertz CT molecular complexity index is 994. The van der Waals surface area contributed by atoms with Crippen LogP contribution >= 0.6 is 0 Å². The van der Waals surface area contributed by atoms with Crippen LogP contribution in [0.5, 0.6) is 0 Å². The van der Waals surface area contributed by atoms with Gasteiger partial charge in [-0.15, -0.1) is 5.10 Å². The third kappa shape index (κ3) is 2.76. The topological polar surface area (TPSA) is 55.4 Å². The lowest BCUT2D eigenvalue weighted by molar-refractivity contribution is 0.530. The molecule has 0 saturated heterocycles. The van der Waals surface area contributed by atoms with Crippen LogP contribution in [0.25, 0.3) is 11.0 Å². The highest BCUT2D eigenvalue weighted by atomic mass is 15.4. The van der Waals surface area contributed by atoms with Crippen molar-refractivity contribution in [1.29, 1.82) is 0 Å². The lowest BCUT2D eigenvalue weighted by Crippen LogP contribution is -2.05. The zero-order chi connectivity index (χ0) is 17.4. The first-order chi connectivity index (χ1) is 12.2. The van der Waals surface area contributed by atoms with Crippen LogP contribution in [0.2, 0.25) is 0 Å². The SMILES string of the molecule is CCc1ccccc1C1=NC(c2ccc3c(c2)nnn3C(C)C)=NC1.